The van der Waals surface area contributed by atoms with Gasteiger partial charge in [0.1, 0.15) is 17.5 Å². The summed E-state index contributed by atoms with van der Waals surface area (Å²) in [6.45, 7) is 0.444. The minimum absolute atomic E-state index is 0.108. The van der Waals surface area contributed by atoms with Crippen molar-refractivity contribution in [2.24, 2.45) is 11.8 Å². The molecule has 2 aromatic rings. The summed E-state index contributed by atoms with van der Waals surface area (Å²) < 4.78 is 106. The number of benzene rings is 2. The largest absolute Gasteiger partial charge is 0.481 e. The summed E-state index contributed by atoms with van der Waals surface area (Å²) in [4.78, 5) is 0. The third kappa shape index (κ3) is 8.80. The first-order valence-electron chi connectivity index (χ1n) is 11.2. The Balaban J connectivity index is 0.000000287. The van der Waals surface area contributed by atoms with Gasteiger partial charge < -0.3 is 4.74 Å². The van der Waals surface area contributed by atoms with Crippen molar-refractivity contribution < 1.29 is 39.9 Å². The topological polar surface area (TPSA) is 9.23 Å². The molecule has 190 valence electrons. The Morgan fingerprint density at radius 1 is 0.824 bits per heavy atom. The Kier molecular flexibility index (Phi) is 10.6. The molecule has 0 aliphatic heterocycles. The van der Waals surface area contributed by atoms with Gasteiger partial charge in [-0.05, 0) is 36.0 Å². The zero-order valence-electron chi connectivity index (χ0n) is 18.8. The zero-order chi connectivity index (χ0) is 25.3. The number of ether oxygens (including phenoxy) is 1. The first kappa shape index (κ1) is 27.9. The van der Waals surface area contributed by atoms with Gasteiger partial charge in [0.05, 0.1) is 12.2 Å². The van der Waals surface area contributed by atoms with Gasteiger partial charge in [-0.25, -0.2) is 17.6 Å². The predicted octanol–water partition coefficient (Wildman–Crippen LogP) is 8.80. The Bertz CT molecular complexity index is 867. The van der Waals surface area contributed by atoms with Crippen molar-refractivity contribution in [2.45, 2.75) is 58.0 Å². The molecule has 0 saturated heterocycles. The standard InChI is InChI=1S/C14H7F7O.C11H21F/c15-8-4-10(17)13(11(18)5-8)7-1-2-12(9(16)3-7)22-6-14(19,20)21;1-2-3-10-4-6-11(7-5-10)8-9-12/h1-5H,6H2;10-11H,2-9H2,1H3. The lowest BCUT2D eigenvalue weighted by atomic mass is 9.79. The molecular weight excluding hydrogens is 468 g/mol. The first-order valence-corrected chi connectivity index (χ1v) is 11.2. The maximum Gasteiger partial charge on any atom is 0.422 e. The van der Waals surface area contributed by atoms with Crippen molar-refractivity contribution in [1.82, 2.24) is 0 Å². The van der Waals surface area contributed by atoms with Crippen LogP contribution in [0.4, 0.5) is 35.1 Å². The SMILES string of the molecule is CCCC1CCC(CCF)CC1.Fc1cc(F)c(-c2ccc(OCC(F)(F)F)c(F)c2)c(F)c1. The van der Waals surface area contributed by atoms with Gasteiger partial charge in [0, 0.05) is 12.1 Å². The van der Waals surface area contributed by atoms with E-state index in [1.54, 1.807) is 0 Å². The van der Waals surface area contributed by atoms with Crippen molar-refractivity contribution in [3.8, 4) is 16.9 Å². The van der Waals surface area contributed by atoms with E-state index in [2.05, 4.69) is 11.7 Å². The van der Waals surface area contributed by atoms with Crippen LogP contribution in [-0.4, -0.2) is 19.5 Å². The van der Waals surface area contributed by atoms with Gasteiger partial charge >= 0.3 is 6.18 Å². The van der Waals surface area contributed by atoms with Crippen LogP contribution in [0, 0.1) is 35.1 Å². The predicted molar refractivity (Wildman–Crippen MR) is 114 cm³/mol. The highest BCUT2D eigenvalue weighted by molar-refractivity contribution is 5.65. The molecule has 1 saturated carbocycles. The molecule has 1 aliphatic carbocycles. The maximum absolute atomic E-state index is 13.6. The van der Waals surface area contributed by atoms with E-state index in [1.807, 2.05) is 0 Å². The molecule has 2 aromatic carbocycles. The second-order valence-corrected chi connectivity index (χ2v) is 8.45. The Morgan fingerprint density at radius 3 is 1.85 bits per heavy atom. The highest BCUT2D eigenvalue weighted by atomic mass is 19.4. The van der Waals surface area contributed by atoms with E-state index in [-0.39, 0.29) is 12.2 Å². The minimum Gasteiger partial charge on any atom is -0.481 e. The van der Waals surface area contributed by atoms with Crippen molar-refractivity contribution in [3.63, 3.8) is 0 Å². The van der Waals surface area contributed by atoms with Crippen LogP contribution in [0.25, 0.3) is 11.1 Å². The molecule has 0 spiro atoms. The van der Waals surface area contributed by atoms with Crippen LogP contribution in [0.2, 0.25) is 0 Å². The van der Waals surface area contributed by atoms with Gasteiger partial charge in [0.25, 0.3) is 0 Å². The Morgan fingerprint density at radius 2 is 1.38 bits per heavy atom. The summed E-state index contributed by atoms with van der Waals surface area (Å²) >= 11 is 0. The fourth-order valence-corrected chi connectivity index (χ4v) is 4.12. The van der Waals surface area contributed by atoms with E-state index < -0.39 is 47.4 Å². The van der Waals surface area contributed by atoms with Gasteiger partial charge in [-0.2, -0.15) is 13.2 Å². The fourth-order valence-electron chi connectivity index (χ4n) is 4.12. The normalized spacial score (nSPS) is 18.3. The molecule has 0 unspecified atom stereocenters. The lowest BCUT2D eigenvalue weighted by Gasteiger charge is -2.27. The minimum atomic E-state index is -4.65. The van der Waals surface area contributed by atoms with E-state index >= 15 is 0 Å². The first-order chi connectivity index (χ1) is 16.0. The van der Waals surface area contributed by atoms with Gasteiger partial charge in [-0.1, -0.05) is 51.5 Å². The van der Waals surface area contributed by atoms with Crippen LogP contribution in [0.5, 0.6) is 5.75 Å². The molecule has 0 heterocycles. The van der Waals surface area contributed by atoms with Crippen LogP contribution in [0.15, 0.2) is 30.3 Å². The quantitative estimate of drug-likeness (QED) is 0.348. The van der Waals surface area contributed by atoms with Gasteiger partial charge in [0.15, 0.2) is 18.2 Å². The summed E-state index contributed by atoms with van der Waals surface area (Å²) in [5.74, 6) is -3.95. The van der Waals surface area contributed by atoms with Crippen molar-refractivity contribution in [3.05, 3.63) is 53.6 Å². The monoisotopic (exact) mass is 496 g/mol. The molecule has 3 rings (SSSR count). The summed E-state index contributed by atoms with van der Waals surface area (Å²) in [5.41, 5.74) is -0.991. The molecule has 0 radical (unpaired) electrons. The van der Waals surface area contributed by atoms with Crippen molar-refractivity contribution in [1.29, 1.82) is 0 Å². The Labute approximate surface area is 194 Å². The lowest BCUT2D eigenvalue weighted by Crippen LogP contribution is -2.19. The molecule has 1 fully saturated rings. The van der Waals surface area contributed by atoms with Gasteiger partial charge in [0.2, 0.25) is 0 Å². The molecule has 1 nitrogen and oxygen atoms in total. The molecule has 0 bridgehead atoms. The van der Waals surface area contributed by atoms with Crippen LogP contribution >= 0.6 is 0 Å². The molecule has 0 aromatic heterocycles. The smallest absolute Gasteiger partial charge is 0.422 e. The number of hydrogen-bond donors (Lipinski definition) is 0. The number of rotatable bonds is 7. The summed E-state index contributed by atoms with van der Waals surface area (Å²) in [6.07, 6.45) is 4.17. The summed E-state index contributed by atoms with van der Waals surface area (Å²) in [6, 6.07) is 3.19. The van der Waals surface area contributed by atoms with E-state index in [4.69, 9.17) is 0 Å². The number of alkyl halides is 4. The van der Waals surface area contributed by atoms with Crippen molar-refractivity contribution >= 4 is 0 Å². The molecule has 9 heteroatoms. The highest BCUT2D eigenvalue weighted by Gasteiger charge is 2.29. The summed E-state index contributed by atoms with van der Waals surface area (Å²) in [5, 5.41) is 0. The van der Waals surface area contributed by atoms with Crippen LogP contribution in [0.1, 0.15) is 51.9 Å². The Hall–Kier alpha value is -2.32. The van der Waals surface area contributed by atoms with E-state index in [1.165, 1.54) is 38.5 Å². The molecular formula is C25H28F8O. The van der Waals surface area contributed by atoms with E-state index in [0.29, 0.717) is 24.1 Å². The fraction of sp³-hybridized carbons (Fsp3) is 0.520. The molecule has 34 heavy (non-hydrogen) atoms. The van der Waals surface area contributed by atoms with Crippen LogP contribution in [-0.2, 0) is 0 Å². The highest BCUT2D eigenvalue weighted by Crippen LogP contribution is 2.33. The van der Waals surface area contributed by atoms with Gasteiger partial charge in [-0.3, -0.25) is 4.39 Å². The molecule has 1 aliphatic rings. The number of hydrogen-bond acceptors (Lipinski definition) is 1. The van der Waals surface area contributed by atoms with Crippen LogP contribution < -0.4 is 4.74 Å². The third-order valence-corrected chi connectivity index (χ3v) is 5.80. The maximum atomic E-state index is 13.6. The second kappa shape index (κ2) is 13.0. The van der Waals surface area contributed by atoms with Gasteiger partial charge in [-0.15, -0.1) is 0 Å². The molecule has 0 N–H and O–H groups in total. The molecule has 0 atom stereocenters. The average Bonchev–Trinajstić information content (AvgIpc) is 2.74. The van der Waals surface area contributed by atoms with Crippen LogP contribution in [0.3, 0.4) is 0 Å². The number of halogens is 8. The zero-order valence-corrected chi connectivity index (χ0v) is 18.8. The molecule has 0 amide bonds. The second-order valence-electron chi connectivity index (χ2n) is 8.45. The average molecular weight is 496 g/mol. The van der Waals surface area contributed by atoms with Crippen molar-refractivity contribution in [2.75, 3.05) is 13.3 Å². The van der Waals surface area contributed by atoms with E-state index in [0.717, 1.165) is 24.5 Å². The van der Waals surface area contributed by atoms with E-state index in [9.17, 15) is 35.1 Å². The third-order valence-electron chi connectivity index (χ3n) is 5.80. The lowest BCUT2D eigenvalue weighted by molar-refractivity contribution is -0.153. The summed E-state index contributed by atoms with van der Waals surface area (Å²) in [7, 11) is 0.